The summed E-state index contributed by atoms with van der Waals surface area (Å²) in [4.78, 5) is 2.82. The minimum atomic E-state index is 0.774. The smallest absolute Gasteiger partial charge is 0.0200 e. The second-order valence-corrected chi connectivity index (χ2v) is 8.08. The predicted molar refractivity (Wildman–Crippen MR) is 90.6 cm³/mol. The molecule has 2 atom stereocenters. The molecular weight excluding hydrogens is 256 g/mol. The number of hydrogen-bond acceptors (Lipinski definition) is 2. The Kier molecular flexibility index (Phi) is 5.99. The molecule has 0 aromatic heterocycles. The third-order valence-electron chi connectivity index (χ3n) is 6.26. The second kappa shape index (κ2) is 7.97. The van der Waals surface area contributed by atoms with Gasteiger partial charge < -0.3 is 10.2 Å². The molecule has 1 N–H and O–H groups in total. The van der Waals surface area contributed by atoms with Gasteiger partial charge in [-0.3, -0.25) is 0 Å². The average Bonchev–Trinajstić information content (AvgIpc) is 3.01. The Morgan fingerprint density at radius 3 is 2.24 bits per heavy atom. The van der Waals surface area contributed by atoms with Gasteiger partial charge in [-0.2, -0.15) is 0 Å². The van der Waals surface area contributed by atoms with Crippen molar-refractivity contribution in [2.24, 2.45) is 11.8 Å². The largest absolute Gasteiger partial charge is 0.310 e. The van der Waals surface area contributed by atoms with Crippen LogP contribution >= 0.6 is 0 Å². The van der Waals surface area contributed by atoms with Gasteiger partial charge in [-0.25, -0.2) is 0 Å². The van der Waals surface area contributed by atoms with Gasteiger partial charge in [0.15, 0.2) is 0 Å². The molecule has 3 rings (SSSR count). The number of likely N-dealkylation sites (tertiary alicyclic amines) is 1. The molecule has 3 fully saturated rings. The van der Waals surface area contributed by atoms with Crippen LogP contribution in [0.2, 0.25) is 0 Å². The first-order valence-electron chi connectivity index (χ1n) is 9.82. The predicted octanol–water partition coefficient (Wildman–Crippen LogP) is 4.20. The molecule has 0 bridgehead atoms. The summed E-state index contributed by atoms with van der Waals surface area (Å²) < 4.78 is 0. The number of nitrogens with one attached hydrogen (secondary N) is 1. The van der Waals surface area contributed by atoms with Crippen LogP contribution in [0.25, 0.3) is 0 Å². The molecule has 2 saturated carbocycles. The molecule has 2 unspecified atom stereocenters. The maximum absolute atomic E-state index is 4.01. The second-order valence-electron chi connectivity index (χ2n) is 8.08. The fourth-order valence-electron chi connectivity index (χ4n) is 5.03. The Bertz CT molecular complexity index is 292. The highest BCUT2D eigenvalue weighted by atomic mass is 15.2. The summed E-state index contributed by atoms with van der Waals surface area (Å²) in [7, 11) is 0. The molecule has 2 nitrogen and oxygen atoms in total. The van der Waals surface area contributed by atoms with Crippen LogP contribution < -0.4 is 5.32 Å². The Hall–Kier alpha value is -0.0800. The van der Waals surface area contributed by atoms with E-state index in [1.165, 1.54) is 90.3 Å². The highest BCUT2D eigenvalue weighted by Gasteiger charge is 2.29. The molecule has 122 valence electrons. The van der Waals surface area contributed by atoms with E-state index < -0.39 is 0 Å². The Balaban J connectivity index is 1.50. The minimum Gasteiger partial charge on any atom is -0.310 e. The lowest BCUT2D eigenvalue weighted by Gasteiger charge is -2.41. The Morgan fingerprint density at radius 1 is 0.810 bits per heavy atom. The van der Waals surface area contributed by atoms with E-state index in [1.54, 1.807) is 0 Å². The summed E-state index contributed by atoms with van der Waals surface area (Å²) in [6.07, 6.45) is 16.0. The van der Waals surface area contributed by atoms with E-state index in [1.807, 2.05) is 0 Å². The molecular formula is C19H36N2. The highest BCUT2D eigenvalue weighted by Crippen LogP contribution is 2.28. The van der Waals surface area contributed by atoms with Crippen LogP contribution in [0.15, 0.2) is 0 Å². The molecule has 0 aromatic carbocycles. The summed E-state index contributed by atoms with van der Waals surface area (Å²) >= 11 is 0. The van der Waals surface area contributed by atoms with Crippen molar-refractivity contribution in [3.63, 3.8) is 0 Å². The minimum absolute atomic E-state index is 0.774. The maximum Gasteiger partial charge on any atom is 0.0200 e. The van der Waals surface area contributed by atoms with E-state index >= 15 is 0 Å². The quantitative estimate of drug-likeness (QED) is 0.817. The fraction of sp³-hybridized carbons (Fsp3) is 1.00. The molecule has 1 aliphatic heterocycles. The average molecular weight is 293 g/mol. The van der Waals surface area contributed by atoms with E-state index in [2.05, 4.69) is 17.1 Å². The topological polar surface area (TPSA) is 15.3 Å². The number of rotatable bonds is 5. The molecule has 2 aliphatic carbocycles. The van der Waals surface area contributed by atoms with E-state index in [0.717, 1.165) is 23.9 Å². The van der Waals surface area contributed by atoms with Crippen molar-refractivity contribution < 1.29 is 0 Å². The standard InChI is InChI=1S/C19H36N2/c1-2-16-12-19(20-18-10-6-7-11-18)15-21(13-16)14-17-8-4-3-5-9-17/h16-20H,2-15H2,1H3. The van der Waals surface area contributed by atoms with Gasteiger partial charge in [-0.15, -0.1) is 0 Å². The molecule has 0 radical (unpaired) electrons. The monoisotopic (exact) mass is 292 g/mol. The van der Waals surface area contributed by atoms with Crippen LogP contribution in [-0.4, -0.2) is 36.6 Å². The zero-order valence-electron chi connectivity index (χ0n) is 14.2. The zero-order chi connectivity index (χ0) is 14.5. The summed E-state index contributed by atoms with van der Waals surface area (Å²) in [5, 5.41) is 4.01. The number of piperidine rings is 1. The van der Waals surface area contributed by atoms with E-state index in [-0.39, 0.29) is 0 Å². The first-order valence-corrected chi connectivity index (χ1v) is 9.82. The lowest BCUT2D eigenvalue weighted by Crippen LogP contribution is -2.52. The normalized spacial score (nSPS) is 33.6. The van der Waals surface area contributed by atoms with Gasteiger partial charge >= 0.3 is 0 Å². The van der Waals surface area contributed by atoms with Crippen molar-refractivity contribution in [2.75, 3.05) is 19.6 Å². The van der Waals surface area contributed by atoms with Gasteiger partial charge in [-0.1, -0.05) is 45.4 Å². The van der Waals surface area contributed by atoms with Crippen LogP contribution in [0.5, 0.6) is 0 Å². The molecule has 1 heterocycles. The first-order chi connectivity index (χ1) is 10.3. The van der Waals surface area contributed by atoms with Crippen molar-refractivity contribution in [3.05, 3.63) is 0 Å². The summed E-state index contributed by atoms with van der Waals surface area (Å²) in [5.41, 5.74) is 0. The lowest BCUT2D eigenvalue weighted by molar-refractivity contribution is 0.106. The summed E-state index contributed by atoms with van der Waals surface area (Å²) in [5.74, 6) is 1.93. The molecule has 3 aliphatic rings. The summed E-state index contributed by atoms with van der Waals surface area (Å²) in [6, 6.07) is 1.61. The molecule has 2 heteroatoms. The van der Waals surface area contributed by atoms with Gasteiger partial charge in [-0.05, 0) is 43.9 Å². The van der Waals surface area contributed by atoms with Crippen molar-refractivity contribution in [1.82, 2.24) is 10.2 Å². The Labute approximate surface area is 132 Å². The molecule has 1 saturated heterocycles. The molecule has 0 aromatic rings. The van der Waals surface area contributed by atoms with E-state index in [9.17, 15) is 0 Å². The van der Waals surface area contributed by atoms with E-state index in [0.29, 0.717) is 0 Å². The van der Waals surface area contributed by atoms with Crippen LogP contribution in [-0.2, 0) is 0 Å². The van der Waals surface area contributed by atoms with E-state index in [4.69, 9.17) is 0 Å². The Morgan fingerprint density at radius 2 is 1.52 bits per heavy atom. The van der Waals surface area contributed by atoms with Gasteiger partial charge in [0, 0.05) is 31.7 Å². The zero-order valence-corrected chi connectivity index (χ0v) is 14.2. The van der Waals surface area contributed by atoms with Crippen LogP contribution in [0.3, 0.4) is 0 Å². The van der Waals surface area contributed by atoms with Crippen molar-refractivity contribution >= 4 is 0 Å². The van der Waals surface area contributed by atoms with Crippen LogP contribution in [0, 0.1) is 11.8 Å². The highest BCUT2D eigenvalue weighted by molar-refractivity contribution is 4.87. The number of hydrogen-bond donors (Lipinski definition) is 1. The van der Waals surface area contributed by atoms with Gasteiger partial charge in [0.2, 0.25) is 0 Å². The SMILES string of the molecule is CCC1CC(NC2CCCC2)CN(CC2CCCCC2)C1. The summed E-state index contributed by atoms with van der Waals surface area (Å²) in [6.45, 7) is 6.47. The fourth-order valence-corrected chi connectivity index (χ4v) is 5.03. The third-order valence-corrected chi connectivity index (χ3v) is 6.26. The van der Waals surface area contributed by atoms with Crippen molar-refractivity contribution in [2.45, 2.75) is 89.6 Å². The first kappa shape index (κ1) is 15.8. The molecule has 21 heavy (non-hydrogen) atoms. The third kappa shape index (κ3) is 4.69. The molecule has 0 amide bonds. The maximum atomic E-state index is 4.01. The van der Waals surface area contributed by atoms with Crippen LogP contribution in [0.1, 0.15) is 77.6 Å². The van der Waals surface area contributed by atoms with Crippen LogP contribution in [0.4, 0.5) is 0 Å². The number of nitrogens with zero attached hydrogens (tertiary/aromatic N) is 1. The van der Waals surface area contributed by atoms with Gasteiger partial charge in [0.05, 0.1) is 0 Å². The van der Waals surface area contributed by atoms with Gasteiger partial charge in [0.1, 0.15) is 0 Å². The lowest BCUT2D eigenvalue weighted by atomic mass is 9.86. The molecule has 0 spiro atoms. The van der Waals surface area contributed by atoms with Gasteiger partial charge in [0.25, 0.3) is 0 Å². The van der Waals surface area contributed by atoms with Crippen molar-refractivity contribution in [3.8, 4) is 0 Å². The van der Waals surface area contributed by atoms with Crippen molar-refractivity contribution in [1.29, 1.82) is 0 Å².